The van der Waals surface area contributed by atoms with Gasteiger partial charge in [0.15, 0.2) is 11.6 Å². The first kappa shape index (κ1) is 11.5. The Kier molecular flexibility index (Phi) is 2.79. The molecule has 0 bridgehead atoms. The van der Waals surface area contributed by atoms with Gasteiger partial charge in [0, 0.05) is 17.1 Å². The molecular formula is C14H13N3O2. The predicted octanol–water partition coefficient (Wildman–Crippen LogP) is 2.97. The Labute approximate surface area is 109 Å². The average molecular weight is 255 g/mol. The van der Waals surface area contributed by atoms with Crippen molar-refractivity contribution < 1.29 is 9.21 Å². The van der Waals surface area contributed by atoms with Gasteiger partial charge in [-0.05, 0) is 18.6 Å². The Bertz CT molecular complexity index is 694. The smallest absolute Gasteiger partial charge is 0.292 e. The molecule has 0 aliphatic rings. The van der Waals surface area contributed by atoms with Gasteiger partial charge < -0.3 is 9.73 Å². The van der Waals surface area contributed by atoms with Gasteiger partial charge in [0.05, 0.1) is 0 Å². The molecule has 3 rings (SSSR count). The average Bonchev–Trinajstić information content (AvgIpc) is 3.04. The fourth-order valence-electron chi connectivity index (χ4n) is 1.88. The molecule has 5 heteroatoms. The molecule has 1 amide bonds. The van der Waals surface area contributed by atoms with Crippen molar-refractivity contribution >= 4 is 22.7 Å². The SMILES string of the molecule is CCc1cc(NC(=O)c2cc3ccccc3o2)n[nH]1. The first-order chi connectivity index (χ1) is 9.26. The molecule has 5 nitrogen and oxygen atoms in total. The fraction of sp³-hybridized carbons (Fsp3) is 0.143. The molecule has 0 radical (unpaired) electrons. The number of nitrogens with zero attached hydrogens (tertiary/aromatic N) is 1. The number of aromatic nitrogens is 2. The lowest BCUT2D eigenvalue weighted by Gasteiger charge is -1.96. The molecular weight excluding hydrogens is 242 g/mol. The highest BCUT2D eigenvalue weighted by molar-refractivity contribution is 6.04. The van der Waals surface area contributed by atoms with Crippen molar-refractivity contribution in [3.8, 4) is 0 Å². The maximum absolute atomic E-state index is 12.0. The summed E-state index contributed by atoms with van der Waals surface area (Å²) in [5, 5.41) is 10.5. The van der Waals surface area contributed by atoms with Crippen molar-refractivity contribution in [3.05, 3.63) is 47.9 Å². The Morgan fingerprint density at radius 2 is 2.21 bits per heavy atom. The third kappa shape index (κ3) is 2.22. The van der Waals surface area contributed by atoms with E-state index < -0.39 is 0 Å². The number of aromatic amines is 1. The van der Waals surface area contributed by atoms with E-state index >= 15 is 0 Å². The number of amides is 1. The second kappa shape index (κ2) is 4.61. The molecule has 0 spiro atoms. The summed E-state index contributed by atoms with van der Waals surface area (Å²) >= 11 is 0. The summed E-state index contributed by atoms with van der Waals surface area (Å²) in [6, 6.07) is 11.0. The highest BCUT2D eigenvalue weighted by Crippen LogP contribution is 2.19. The molecule has 19 heavy (non-hydrogen) atoms. The number of furan rings is 1. The highest BCUT2D eigenvalue weighted by Gasteiger charge is 2.13. The van der Waals surface area contributed by atoms with Crippen LogP contribution < -0.4 is 5.32 Å². The monoisotopic (exact) mass is 255 g/mol. The van der Waals surface area contributed by atoms with E-state index in [0.717, 1.165) is 17.5 Å². The number of hydrogen-bond acceptors (Lipinski definition) is 3. The van der Waals surface area contributed by atoms with Gasteiger partial charge in [-0.1, -0.05) is 25.1 Å². The highest BCUT2D eigenvalue weighted by atomic mass is 16.3. The minimum atomic E-state index is -0.301. The van der Waals surface area contributed by atoms with Gasteiger partial charge >= 0.3 is 0 Å². The number of aryl methyl sites for hydroxylation is 1. The summed E-state index contributed by atoms with van der Waals surface area (Å²) in [6.45, 7) is 2.01. The number of rotatable bonds is 3. The third-order valence-corrected chi connectivity index (χ3v) is 2.90. The number of para-hydroxylation sites is 1. The standard InChI is InChI=1S/C14H13N3O2/c1-2-10-8-13(17-16-10)15-14(18)12-7-9-5-3-4-6-11(9)19-12/h3-8H,2H2,1H3,(H2,15,16,17,18). The topological polar surface area (TPSA) is 70.9 Å². The molecule has 96 valence electrons. The first-order valence-corrected chi connectivity index (χ1v) is 6.10. The molecule has 2 N–H and O–H groups in total. The van der Waals surface area contributed by atoms with Crippen LogP contribution in [0.2, 0.25) is 0 Å². The number of hydrogen-bond donors (Lipinski definition) is 2. The fourth-order valence-corrected chi connectivity index (χ4v) is 1.88. The van der Waals surface area contributed by atoms with E-state index in [4.69, 9.17) is 4.42 Å². The van der Waals surface area contributed by atoms with Crippen LogP contribution in [-0.4, -0.2) is 16.1 Å². The van der Waals surface area contributed by atoms with Crippen LogP contribution in [0.4, 0.5) is 5.82 Å². The molecule has 3 aromatic rings. The molecule has 0 unspecified atom stereocenters. The second-order valence-corrected chi connectivity index (χ2v) is 4.23. The molecule has 0 saturated heterocycles. The van der Waals surface area contributed by atoms with Crippen molar-refractivity contribution in [2.24, 2.45) is 0 Å². The number of H-pyrrole nitrogens is 1. The van der Waals surface area contributed by atoms with E-state index in [-0.39, 0.29) is 11.7 Å². The number of nitrogens with one attached hydrogen (secondary N) is 2. The summed E-state index contributed by atoms with van der Waals surface area (Å²) in [4.78, 5) is 12.0. The van der Waals surface area contributed by atoms with Gasteiger partial charge in [0.1, 0.15) is 5.58 Å². The quantitative estimate of drug-likeness (QED) is 0.755. The number of carbonyl (C=O) groups excluding carboxylic acids is 1. The summed E-state index contributed by atoms with van der Waals surface area (Å²) in [6.07, 6.45) is 0.841. The molecule has 0 atom stereocenters. The molecule has 1 aromatic carbocycles. The van der Waals surface area contributed by atoms with E-state index in [1.807, 2.05) is 31.2 Å². The van der Waals surface area contributed by atoms with E-state index in [2.05, 4.69) is 15.5 Å². The van der Waals surface area contributed by atoms with Crippen LogP contribution in [0.1, 0.15) is 23.2 Å². The summed E-state index contributed by atoms with van der Waals surface area (Å²) in [7, 11) is 0. The number of benzene rings is 1. The van der Waals surface area contributed by atoms with Crippen molar-refractivity contribution in [1.82, 2.24) is 10.2 Å². The lowest BCUT2D eigenvalue weighted by atomic mass is 10.2. The molecule has 0 saturated carbocycles. The van der Waals surface area contributed by atoms with Gasteiger partial charge in [0.25, 0.3) is 5.91 Å². The van der Waals surface area contributed by atoms with E-state index in [1.54, 1.807) is 12.1 Å². The van der Waals surface area contributed by atoms with Gasteiger partial charge in [-0.25, -0.2) is 0 Å². The van der Waals surface area contributed by atoms with E-state index in [1.165, 1.54) is 0 Å². The Balaban J connectivity index is 1.83. The van der Waals surface area contributed by atoms with E-state index in [0.29, 0.717) is 11.4 Å². The van der Waals surface area contributed by atoms with Crippen LogP contribution >= 0.6 is 0 Å². The predicted molar refractivity (Wildman–Crippen MR) is 72.1 cm³/mol. The molecule has 2 aromatic heterocycles. The molecule has 0 aliphatic heterocycles. The number of fused-ring (bicyclic) bond motifs is 1. The van der Waals surface area contributed by atoms with E-state index in [9.17, 15) is 4.79 Å². The van der Waals surface area contributed by atoms with Gasteiger partial charge in [0.2, 0.25) is 0 Å². The third-order valence-electron chi connectivity index (χ3n) is 2.90. The van der Waals surface area contributed by atoms with Gasteiger partial charge in [-0.2, -0.15) is 5.10 Å². The summed E-state index contributed by atoms with van der Waals surface area (Å²) < 4.78 is 5.49. The molecule has 0 aliphatic carbocycles. The zero-order valence-corrected chi connectivity index (χ0v) is 10.4. The maximum atomic E-state index is 12.0. The van der Waals surface area contributed by atoms with Gasteiger partial charge in [-0.15, -0.1) is 0 Å². The Hall–Kier alpha value is -2.56. The van der Waals surface area contributed by atoms with Crippen molar-refractivity contribution in [3.63, 3.8) is 0 Å². The van der Waals surface area contributed by atoms with Crippen molar-refractivity contribution in [2.75, 3.05) is 5.32 Å². The Morgan fingerprint density at radius 1 is 1.37 bits per heavy atom. The molecule has 2 heterocycles. The van der Waals surface area contributed by atoms with Crippen LogP contribution in [0.5, 0.6) is 0 Å². The maximum Gasteiger partial charge on any atom is 0.292 e. The summed E-state index contributed by atoms with van der Waals surface area (Å²) in [5.41, 5.74) is 1.67. The van der Waals surface area contributed by atoms with Crippen LogP contribution in [0.3, 0.4) is 0 Å². The lowest BCUT2D eigenvalue weighted by molar-refractivity contribution is 0.0998. The number of anilines is 1. The Morgan fingerprint density at radius 3 is 2.95 bits per heavy atom. The van der Waals surface area contributed by atoms with Crippen LogP contribution in [0, 0.1) is 0 Å². The molecule has 0 fully saturated rings. The van der Waals surface area contributed by atoms with Crippen LogP contribution in [0.15, 0.2) is 40.8 Å². The normalized spacial score (nSPS) is 10.8. The number of carbonyl (C=O) groups is 1. The zero-order valence-electron chi connectivity index (χ0n) is 10.4. The summed E-state index contributed by atoms with van der Waals surface area (Å²) in [5.74, 6) is 0.481. The van der Waals surface area contributed by atoms with Gasteiger partial charge in [-0.3, -0.25) is 9.89 Å². The zero-order chi connectivity index (χ0) is 13.2. The lowest BCUT2D eigenvalue weighted by Crippen LogP contribution is -2.10. The minimum absolute atomic E-state index is 0.280. The van der Waals surface area contributed by atoms with Crippen molar-refractivity contribution in [2.45, 2.75) is 13.3 Å². The van der Waals surface area contributed by atoms with Crippen LogP contribution in [0.25, 0.3) is 11.0 Å². The largest absolute Gasteiger partial charge is 0.451 e. The van der Waals surface area contributed by atoms with Crippen molar-refractivity contribution in [1.29, 1.82) is 0 Å². The minimum Gasteiger partial charge on any atom is -0.451 e. The second-order valence-electron chi connectivity index (χ2n) is 4.23. The first-order valence-electron chi connectivity index (χ1n) is 6.10. The van der Waals surface area contributed by atoms with Crippen LogP contribution in [-0.2, 0) is 6.42 Å².